The van der Waals surface area contributed by atoms with Crippen molar-refractivity contribution in [2.45, 2.75) is 70.5 Å². The smallest absolute Gasteiger partial charge is 1.00 e. The molecule has 1 unspecified atom stereocenters. The first-order valence-corrected chi connectivity index (χ1v) is 18.3. The minimum atomic E-state index is -1.17. The summed E-state index contributed by atoms with van der Waals surface area (Å²) in [5.74, 6) is 0.791. The number of hydrogen-bond donors (Lipinski definition) is 0. The van der Waals surface area contributed by atoms with Gasteiger partial charge in [0.2, 0.25) is 0 Å². The number of aromatic nitrogens is 1. The summed E-state index contributed by atoms with van der Waals surface area (Å²) in [6, 6.07) is 33.6. The van der Waals surface area contributed by atoms with Crippen LogP contribution in [-0.2, 0) is 26.2 Å². The van der Waals surface area contributed by atoms with Gasteiger partial charge >= 0.3 is 26.2 Å². The predicted octanol–water partition coefficient (Wildman–Crippen LogP) is 4.74. The monoisotopic (exact) mass is 698 g/mol. The van der Waals surface area contributed by atoms with Crippen molar-refractivity contribution in [2.24, 2.45) is 0 Å². The van der Waals surface area contributed by atoms with Gasteiger partial charge in [-0.2, -0.15) is 6.07 Å². The van der Waals surface area contributed by atoms with Crippen LogP contribution in [0, 0.1) is 6.92 Å². The van der Waals surface area contributed by atoms with E-state index in [0.717, 1.165) is 11.5 Å². The van der Waals surface area contributed by atoms with Crippen LogP contribution in [0.4, 0.5) is 0 Å². The maximum atomic E-state index is 2.51. The molecule has 9 rings (SSSR count). The number of rotatable bonds is 3. The molecule has 219 valence electrons. The standard InChI is InChI=1S/C22H23.C16H17NSi.2ClH.Zr/c1-16-14-20-8-5-9-21(22(20)15-16)19-12-10-18(11-13-19)17-6-3-2-4-7-17;1-11-15-13-9-10-17(12-7-5-4-6-8-12)14(13)16(11)18(15,2)3;;;/h5,8-15,17H,2-4,6-7H2,1H3;4-10,16H,1-3H3;2*1H;/q-1;;;;+3/p-2. The number of benzene rings is 3. The largest absolute Gasteiger partial charge is 3.00 e. The molecule has 1 saturated carbocycles. The van der Waals surface area contributed by atoms with Crippen LogP contribution in [0.2, 0.25) is 13.1 Å². The van der Waals surface area contributed by atoms with Crippen molar-refractivity contribution >= 4 is 24.0 Å². The van der Waals surface area contributed by atoms with Crippen LogP contribution >= 0.6 is 0 Å². The Morgan fingerprint density at radius 1 is 0.767 bits per heavy atom. The molecule has 2 aliphatic heterocycles. The summed E-state index contributed by atoms with van der Waals surface area (Å²) in [7, 11) is -1.17. The van der Waals surface area contributed by atoms with Gasteiger partial charge in [-0.05, 0) is 60.6 Å². The Labute approximate surface area is 290 Å². The average Bonchev–Trinajstić information content (AvgIpc) is 3.70. The minimum Gasteiger partial charge on any atom is -1.00 e. The van der Waals surface area contributed by atoms with Crippen molar-refractivity contribution in [2.75, 3.05) is 0 Å². The summed E-state index contributed by atoms with van der Waals surface area (Å²) in [5.41, 5.74) is 12.4. The Hall–Kier alpha value is -2.03. The van der Waals surface area contributed by atoms with Crippen LogP contribution in [0.15, 0.2) is 103 Å². The van der Waals surface area contributed by atoms with E-state index in [-0.39, 0.29) is 51.0 Å². The van der Waals surface area contributed by atoms with Crippen molar-refractivity contribution in [1.29, 1.82) is 0 Å². The van der Waals surface area contributed by atoms with Crippen LogP contribution in [0.25, 0.3) is 32.8 Å². The first kappa shape index (κ1) is 33.9. The summed E-state index contributed by atoms with van der Waals surface area (Å²) in [5, 5.41) is 4.45. The van der Waals surface area contributed by atoms with Gasteiger partial charge < -0.3 is 29.4 Å². The van der Waals surface area contributed by atoms with E-state index >= 15 is 0 Å². The fourth-order valence-electron chi connectivity index (χ4n) is 8.14. The Kier molecular flexibility index (Phi) is 10.7. The molecule has 1 atom stereocenters. The van der Waals surface area contributed by atoms with E-state index < -0.39 is 8.07 Å². The van der Waals surface area contributed by atoms with E-state index in [0.29, 0.717) is 0 Å². The third kappa shape index (κ3) is 5.88. The van der Waals surface area contributed by atoms with Gasteiger partial charge in [0.1, 0.15) is 0 Å². The second-order valence-corrected chi connectivity index (χ2v) is 17.4. The molecule has 0 saturated heterocycles. The van der Waals surface area contributed by atoms with Gasteiger partial charge in [-0.1, -0.05) is 104 Å². The van der Waals surface area contributed by atoms with E-state index in [1.54, 1.807) is 16.5 Å². The van der Waals surface area contributed by atoms with Gasteiger partial charge in [-0.3, -0.25) is 0 Å². The van der Waals surface area contributed by atoms with Gasteiger partial charge in [-0.15, -0.1) is 34.5 Å². The Morgan fingerprint density at radius 2 is 1.47 bits per heavy atom. The molecule has 4 aliphatic rings. The third-order valence-electron chi connectivity index (χ3n) is 9.89. The van der Waals surface area contributed by atoms with Gasteiger partial charge in [-0.25, -0.2) is 0 Å². The zero-order valence-electron chi connectivity index (χ0n) is 25.6. The van der Waals surface area contributed by atoms with Crippen molar-refractivity contribution in [3.63, 3.8) is 0 Å². The van der Waals surface area contributed by atoms with Crippen LogP contribution in [0.3, 0.4) is 0 Å². The molecule has 1 fully saturated rings. The number of aryl methyl sites for hydroxylation is 1. The molecule has 3 heterocycles. The molecule has 0 spiro atoms. The molecule has 5 heteroatoms. The zero-order valence-corrected chi connectivity index (χ0v) is 30.6. The van der Waals surface area contributed by atoms with E-state index in [9.17, 15) is 0 Å². The molecule has 1 aromatic heterocycles. The molecule has 0 N–H and O–H groups in total. The molecule has 0 amide bonds. The van der Waals surface area contributed by atoms with E-state index in [1.807, 2.05) is 0 Å². The second kappa shape index (κ2) is 13.5. The number of fused-ring (bicyclic) bond motifs is 1. The number of para-hydroxylation sites is 1. The maximum absolute atomic E-state index is 2.51. The first-order valence-electron chi connectivity index (χ1n) is 15.2. The summed E-state index contributed by atoms with van der Waals surface area (Å²) in [6.07, 6.45) is 9.21. The SMILES string of the molecule is CC1=C2c3ccn(-c4ccccc4)c3C1[Si]2(C)C.Cc1cc2c(-c3ccc(C4CCCCC4)cc3)cccc2[cH-]1.[Cl-].[Cl-].[Zr+3]. The number of halogens is 2. The van der Waals surface area contributed by atoms with E-state index in [1.165, 1.54) is 76.4 Å². The minimum absolute atomic E-state index is 0. The molecule has 2 aliphatic carbocycles. The fraction of sp³-hybridized carbons (Fsp3) is 0.289. The van der Waals surface area contributed by atoms with Crippen molar-refractivity contribution in [3.8, 4) is 16.8 Å². The number of allylic oxidation sites excluding steroid dienone is 1. The second-order valence-electron chi connectivity index (χ2n) is 12.8. The zero-order chi connectivity index (χ0) is 27.4. The van der Waals surface area contributed by atoms with E-state index in [2.05, 4.69) is 129 Å². The van der Waals surface area contributed by atoms with Crippen molar-refractivity contribution in [3.05, 3.63) is 125 Å². The molecular weight excluding hydrogens is 661 g/mol. The molecule has 1 radical (unpaired) electrons. The van der Waals surface area contributed by atoms with Crippen LogP contribution in [0.5, 0.6) is 0 Å². The first-order chi connectivity index (χ1) is 19.4. The van der Waals surface area contributed by atoms with Gasteiger partial charge in [0, 0.05) is 23.1 Å². The number of hydrogen-bond acceptors (Lipinski definition) is 0. The summed E-state index contributed by atoms with van der Waals surface area (Å²) in [6.45, 7) is 9.52. The molecule has 5 aromatic rings. The molecule has 1 nitrogen and oxygen atoms in total. The van der Waals surface area contributed by atoms with E-state index in [4.69, 9.17) is 0 Å². The van der Waals surface area contributed by atoms with Crippen molar-refractivity contribution < 1.29 is 51.0 Å². The molecular formula is C38H40Cl2NSiZr. The van der Waals surface area contributed by atoms with Crippen molar-refractivity contribution in [1.82, 2.24) is 4.57 Å². The quantitative estimate of drug-likeness (QED) is 0.190. The van der Waals surface area contributed by atoms with Crippen LogP contribution in [-0.4, -0.2) is 12.6 Å². The Balaban J connectivity index is 0.000000187. The predicted molar refractivity (Wildman–Crippen MR) is 174 cm³/mol. The van der Waals surface area contributed by atoms with Crippen LogP contribution in [0.1, 0.15) is 72.9 Å². The fourth-order valence-corrected chi connectivity index (χ4v) is 12.5. The molecule has 4 aromatic carbocycles. The summed E-state index contributed by atoms with van der Waals surface area (Å²) >= 11 is 0. The number of nitrogens with zero attached hydrogens (tertiary/aromatic N) is 1. The Bertz CT molecular complexity index is 1720. The summed E-state index contributed by atoms with van der Waals surface area (Å²) in [4.78, 5) is 0. The van der Waals surface area contributed by atoms with Crippen LogP contribution < -0.4 is 24.8 Å². The molecule has 2 bridgehead atoms. The Morgan fingerprint density at radius 3 is 2.14 bits per heavy atom. The maximum Gasteiger partial charge on any atom is 3.00 e. The van der Waals surface area contributed by atoms with Gasteiger partial charge in [0.25, 0.3) is 0 Å². The topological polar surface area (TPSA) is 4.93 Å². The van der Waals surface area contributed by atoms with Gasteiger partial charge in [0.05, 0.1) is 8.07 Å². The average molecular weight is 701 g/mol. The summed E-state index contributed by atoms with van der Waals surface area (Å²) < 4.78 is 2.40. The third-order valence-corrected chi connectivity index (χ3v) is 14.0. The van der Waals surface area contributed by atoms with Gasteiger partial charge in [0.15, 0.2) is 0 Å². The normalized spacial score (nSPS) is 17.9. The molecule has 43 heavy (non-hydrogen) atoms.